The Hall–Kier alpha value is -3.38. The zero-order valence-electron chi connectivity index (χ0n) is 25.2. The molecule has 0 unspecified atom stereocenters. The van der Waals surface area contributed by atoms with Crippen LogP contribution in [0.2, 0.25) is 0 Å². The van der Waals surface area contributed by atoms with E-state index in [2.05, 4.69) is 74.0 Å². The maximum atomic E-state index is 11.8. The van der Waals surface area contributed by atoms with E-state index in [-0.39, 0.29) is 12.0 Å². The summed E-state index contributed by atoms with van der Waals surface area (Å²) >= 11 is 0. The Morgan fingerprint density at radius 2 is 1.78 bits per heavy atom. The highest BCUT2D eigenvalue weighted by atomic mass is 16.5. The summed E-state index contributed by atoms with van der Waals surface area (Å²) in [5.41, 5.74) is 6.90. The monoisotopic (exact) mass is 555 g/mol. The van der Waals surface area contributed by atoms with Gasteiger partial charge in [-0.05, 0) is 111 Å². The third-order valence-electron chi connectivity index (χ3n) is 8.90. The highest BCUT2D eigenvalue weighted by Gasteiger charge is 2.37. The molecule has 1 fully saturated rings. The third kappa shape index (κ3) is 6.43. The molecule has 6 nitrogen and oxygen atoms in total. The molecule has 0 bridgehead atoms. The van der Waals surface area contributed by atoms with Crippen molar-refractivity contribution in [2.75, 3.05) is 7.11 Å². The van der Waals surface area contributed by atoms with Gasteiger partial charge in [-0.15, -0.1) is 0 Å². The van der Waals surface area contributed by atoms with E-state index in [1.807, 2.05) is 12.1 Å². The second-order valence-corrected chi connectivity index (χ2v) is 12.3. The minimum Gasteiger partial charge on any atom is -0.550 e. The zero-order chi connectivity index (χ0) is 29.3. The van der Waals surface area contributed by atoms with Gasteiger partial charge in [-0.3, -0.25) is 4.90 Å². The number of aryl methyl sites for hydroxylation is 1. The number of methoxy groups -OCH3 is 1. The number of carbonyl (C=O) groups excluding carboxylic acids is 1. The summed E-state index contributed by atoms with van der Waals surface area (Å²) < 4.78 is 12.1. The van der Waals surface area contributed by atoms with Crippen molar-refractivity contribution in [3.63, 3.8) is 0 Å². The zero-order valence-corrected chi connectivity index (χ0v) is 25.2. The number of carboxylic acid groups (broad SMARTS) is 1. The number of ether oxygens (including phenoxy) is 2. The van der Waals surface area contributed by atoms with Crippen LogP contribution in [-0.2, 0) is 17.8 Å². The lowest BCUT2D eigenvalue weighted by molar-refractivity contribution is -0.311. The van der Waals surface area contributed by atoms with Gasteiger partial charge in [-0.1, -0.05) is 37.3 Å². The Kier molecular flexibility index (Phi) is 8.69. The smallest absolute Gasteiger partial charge is 0.213 e. The van der Waals surface area contributed by atoms with Crippen molar-refractivity contribution in [2.24, 2.45) is 11.8 Å². The Balaban J connectivity index is 1.47. The number of fused-ring (bicyclic) bond motifs is 1. The van der Waals surface area contributed by atoms with Gasteiger partial charge in [0.05, 0.1) is 7.11 Å². The largest absolute Gasteiger partial charge is 0.550 e. The fourth-order valence-electron chi connectivity index (χ4n) is 6.47. The van der Waals surface area contributed by atoms with Gasteiger partial charge in [0, 0.05) is 42.8 Å². The van der Waals surface area contributed by atoms with Gasteiger partial charge in [0.1, 0.15) is 11.9 Å². The number of benzene rings is 2. The lowest BCUT2D eigenvalue weighted by Gasteiger charge is -2.32. The number of carboxylic acids is 1. The molecule has 218 valence electrons. The maximum absolute atomic E-state index is 11.8. The molecule has 2 aliphatic rings. The van der Waals surface area contributed by atoms with Crippen LogP contribution in [-0.4, -0.2) is 35.0 Å². The quantitative estimate of drug-likeness (QED) is 0.276. The highest BCUT2D eigenvalue weighted by Crippen LogP contribution is 2.48. The highest BCUT2D eigenvalue weighted by molar-refractivity contribution is 5.69. The molecule has 5 rings (SSSR count). The topological polar surface area (TPSA) is 74.7 Å². The van der Waals surface area contributed by atoms with Crippen LogP contribution >= 0.6 is 0 Å². The van der Waals surface area contributed by atoms with E-state index in [1.54, 1.807) is 20.2 Å². The summed E-state index contributed by atoms with van der Waals surface area (Å²) in [4.78, 5) is 18.6. The summed E-state index contributed by atoms with van der Waals surface area (Å²) in [6.07, 6.45) is 5.70. The van der Waals surface area contributed by atoms with Crippen molar-refractivity contribution in [1.82, 2.24) is 9.88 Å². The van der Waals surface area contributed by atoms with Crippen molar-refractivity contribution in [3.05, 3.63) is 77.0 Å². The number of hydrogen-bond donors (Lipinski definition) is 0. The maximum Gasteiger partial charge on any atom is 0.213 e. The number of carbonyl (C=O) groups is 1. The molecule has 0 saturated heterocycles. The Bertz CT molecular complexity index is 1370. The van der Waals surface area contributed by atoms with Crippen LogP contribution in [0.25, 0.3) is 11.1 Å². The predicted molar refractivity (Wildman–Crippen MR) is 160 cm³/mol. The molecule has 1 aliphatic heterocycles. The Labute approximate surface area is 244 Å². The molecule has 2 heterocycles. The molecule has 41 heavy (non-hydrogen) atoms. The second kappa shape index (κ2) is 12.2. The van der Waals surface area contributed by atoms with Gasteiger partial charge >= 0.3 is 0 Å². The van der Waals surface area contributed by atoms with Gasteiger partial charge in [-0.25, -0.2) is 4.98 Å². The summed E-state index contributed by atoms with van der Waals surface area (Å²) in [6, 6.07) is 17.9. The van der Waals surface area contributed by atoms with Gasteiger partial charge in [0.2, 0.25) is 5.88 Å². The fourth-order valence-corrected chi connectivity index (χ4v) is 6.47. The van der Waals surface area contributed by atoms with E-state index in [0.717, 1.165) is 54.7 Å². The molecule has 3 atom stereocenters. The first-order valence-corrected chi connectivity index (χ1v) is 15.1. The molecule has 6 heteroatoms. The number of pyridine rings is 1. The number of hydrogen-bond acceptors (Lipinski definition) is 6. The van der Waals surface area contributed by atoms with Crippen LogP contribution in [0.4, 0.5) is 0 Å². The molecule has 1 aromatic heterocycles. The van der Waals surface area contributed by atoms with Crippen molar-refractivity contribution in [1.29, 1.82) is 0 Å². The number of aromatic nitrogens is 1. The van der Waals surface area contributed by atoms with E-state index in [1.165, 1.54) is 16.7 Å². The predicted octanol–water partition coefficient (Wildman–Crippen LogP) is 6.32. The van der Waals surface area contributed by atoms with Gasteiger partial charge in [0.25, 0.3) is 0 Å². The van der Waals surface area contributed by atoms with Crippen LogP contribution in [0.5, 0.6) is 11.6 Å². The number of nitrogens with zero attached hydrogens (tertiary/aromatic N) is 2. The third-order valence-corrected chi connectivity index (χ3v) is 8.90. The molecule has 1 aliphatic carbocycles. The number of aliphatic carboxylic acids is 1. The minimum atomic E-state index is -0.977. The van der Waals surface area contributed by atoms with Crippen LogP contribution in [0, 0.1) is 11.8 Å². The molecule has 3 aromatic rings. The van der Waals surface area contributed by atoms with E-state index >= 15 is 0 Å². The van der Waals surface area contributed by atoms with Crippen LogP contribution < -0.4 is 14.6 Å². The first-order chi connectivity index (χ1) is 19.7. The fraction of sp³-hybridized carbons (Fsp3) is 0.486. The van der Waals surface area contributed by atoms with Gasteiger partial charge < -0.3 is 19.4 Å². The SMILES string of the molecule is COc1cc(-c2ccc([C@@H]3CCc4ccc([C@H](C5CC5)[C@H](C)C(=O)[O-])cc4O3)cc2CN(C(C)C)C(C)C)ccn1. The summed E-state index contributed by atoms with van der Waals surface area (Å²) in [5, 5.41) is 11.8. The molecule has 0 radical (unpaired) electrons. The van der Waals surface area contributed by atoms with Crippen molar-refractivity contribution in [2.45, 2.75) is 91.0 Å². The second-order valence-electron chi connectivity index (χ2n) is 12.3. The Morgan fingerprint density at radius 1 is 1.02 bits per heavy atom. The summed E-state index contributed by atoms with van der Waals surface area (Å²) in [7, 11) is 1.64. The molecule has 2 aromatic carbocycles. The lowest BCUT2D eigenvalue weighted by Crippen LogP contribution is -2.36. The molecule has 0 N–H and O–H groups in total. The van der Waals surface area contributed by atoms with Crippen LogP contribution in [0.15, 0.2) is 54.7 Å². The molecular weight excluding hydrogens is 512 g/mol. The average Bonchev–Trinajstić information content (AvgIpc) is 3.80. The van der Waals surface area contributed by atoms with E-state index in [9.17, 15) is 9.90 Å². The first kappa shape index (κ1) is 29.1. The van der Waals surface area contributed by atoms with E-state index in [4.69, 9.17) is 9.47 Å². The average molecular weight is 556 g/mol. The van der Waals surface area contributed by atoms with Crippen molar-refractivity contribution >= 4 is 5.97 Å². The molecule has 1 saturated carbocycles. The minimum absolute atomic E-state index is 0.0319. The molecule has 0 amide bonds. The standard InChI is InChI=1S/C35H44N2O4/c1-21(2)37(22(3)4)20-29-17-27(11-13-30(29)26-15-16-36-33(19-26)40-6)31-14-12-24-7-10-28(18-32(24)41-31)34(25-8-9-25)23(5)35(38)39/h7,10-11,13,15-19,21-23,25,31,34H,8-9,12,14,20H2,1-6H3,(H,38,39)/p-1/t23-,31-,34-/m0/s1. The summed E-state index contributed by atoms with van der Waals surface area (Å²) in [6.45, 7) is 11.6. The van der Waals surface area contributed by atoms with E-state index in [0.29, 0.717) is 23.9 Å². The Morgan fingerprint density at radius 3 is 2.44 bits per heavy atom. The van der Waals surface area contributed by atoms with Crippen molar-refractivity contribution in [3.8, 4) is 22.8 Å². The first-order valence-electron chi connectivity index (χ1n) is 15.1. The lowest BCUT2D eigenvalue weighted by atomic mass is 9.82. The van der Waals surface area contributed by atoms with Gasteiger partial charge in [-0.2, -0.15) is 0 Å². The molecular formula is C35H43N2O4-. The van der Waals surface area contributed by atoms with E-state index < -0.39 is 11.9 Å². The van der Waals surface area contributed by atoms with Gasteiger partial charge in [0.15, 0.2) is 0 Å². The van der Waals surface area contributed by atoms with Crippen LogP contribution in [0.3, 0.4) is 0 Å². The molecule has 0 spiro atoms. The van der Waals surface area contributed by atoms with Crippen LogP contribution in [0.1, 0.15) is 88.2 Å². The summed E-state index contributed by atoms with van der Waals surface area (Å²) in [5.74, 6) is 0.358. The van der Waals surface area contributed by atoms with Crippen molar-refractivity contribution < 1.29 is 19.4 Å². The normalized spacial score (nSPS) is 18.2. The number of rotatable bonds is 11.